The van der Waals surface area contributed by atoms with Crippen molar-refractivity contribution in [2.24, 2.45) is 0 Å². The number of rotatable bonds is 4. The van der Waals surface area contributed by atoms with Crippen molar-refractivity contribution in [2.45, 2.75) is 25.8 Å². The molecule has 0 fully saturated rings. The zero-order valence-corrected chi connectivity index (χ0v) is 15.9. The van der Waals surface area contributed by atoms with Crippen LogP contribution in [0.25, 0.3) is 0 Å². The third-order valence-corrected chi connectivity index (χ3v) is 5.02. The SMILES string of the molecule is O=C(Nc1ccccc1)c1nc(C(=O)Nc2ccccc2Cl)n2c1CCCC2. The highest BCUT2D eigenvalue weighted by atomic mass is 35.5. The summed E-state index contributed by atoms with van der Waals surface area (Å²) in [6, 6.07) is 16.2. The van der Waals surface area contributed by atoms with Gasteiger partial charge in [0.15, 0.2) is 11.5 Å². The van der Waals surface area contributed by atoms with Gasteiger partial charge >= 0.3 is 0 Å². The van der Waals surface area contributed by atoms with E-state index in [1.165, 1.54) is 0 Å². The lowest BCUT2D eigenvalue weighted by molar-refractivity contribution is 0.101. The summed E-state index contributed by atoms with van der Waals surface area (Å²) in [5.41, 5.74) is 2.29. The van der Waals surface area contributed by atoms with Crippen LogP contribution in [0.1, 0.15) is 39.6 Å². The first-order valence-electron chi connectivity index (χ1n) is 9.15. The Kier molecular flexibility index (Phi) is 5.12. The third-order valence-electron chi connectivity index (χ3n) is 4.69. The Bertz CT molecular complexity index is 1030. The molecule has 0 bridgehead atoms. The van der Waals surface area contributed by atoms with Crippen LogP contribution < -0.4 is 10.6 Å². The second kappa shape index (κ2) is 7.86. The van der Waals surface area contributed by atoms with E-state index in [1.807, 2.05) is 34.9 Å². The first kappa shape index (κ1) is 18.3. The molecular weight excluding hydrogens is 376 g/mol. The Hall–Kier alpha value is -3.12. The molecule has 0 unspecified atom stereocenters. The topological polar surface area (TPSA) is 76.0 Å². The molecule has 7 heteroatoms. The lowest BCUT2D eigenvalue weighted by Gasteiger charge is -2.17. The minimum atomic E-state index is -0.380. The molecule has 1 aliphatic heterocycles. The summed E-state index contributed by atoms with van der Waals surface area (Å²) < 4.78 is 1.84. The molecule has 2 aromatic carbocycles. The minimum Gasteiger partial charge on any atom is -0.323 e. The van der Waals surface area contributed by atoms with E-state index in [1.54, 1.807) is 24.3 Å². The van der Waals surface area contributed by atoms with Gasteiger partial charge in [0.1, 0.15) is 0 Å². The maximum Gasteiger partial charge on any atom is 0.291 e. The smallest absolute Gasteiger partial charge is 0.291 e. The van der Waals surface area contributed by atoms with Crippen molar-refractivity contribution in [1.82, 2.24) is 9.55 Å². The first-order valence-corrected chi connectivity index (χ1v) is 9.53. The fourth-order valence-corrected chi connectivity index (χ4v) is 3.53. The van der Waals surface area contributed by atoms with E-state index in [-0.39, 0.29) is 17.6 Å². The van der Waals surface area contributed by atoms with Crippen molar-refractivity contribution in [3.63, 3.8) is 0 Å². The summed E-state index contributed by atoms with van der Waals surface area (Å²) >= 11 is 6.14. The number of halogens is 1. The van der Waals surface area contributed by atoms with Crippen LogP contribution in [0, 0.1) is 0 Å². The molecule has 6 nitrogen and oxygen atoms in total. The number of hydrogen-bond acceptors (Lipinski definition) is 3. The van der Waals surface area contributed by atoms with Crippen molar-refractivity contribution in [2.75, 3.05) is 10.6 Å². The van der Waals surface area contributed by atoms with E-state index in [2.05, 4.69) is 15.6 Å². The molecule has 0 saturated heterocycles. The van der Waals surface area contributed by atoms with Crippen LogP contribution >= 0.6 is 11.6 Å². The van der Waals surface area contributed by atoms with Crippen molar-refractivity contribution in [3.8, 4) is 0 Å². The largest absolute Gasteiger partial charge is 0.323 e. The average molecular weight is 395 g/mol. The van der Waals surface area contributed by atoms with Crippen LogP contribution in [-0.4, -0.2) is 21.4 Å². The molecule has 0 radical (unpaired) electrons. The number of amides is 2. The summed E-state index contributed by atoms with van der Waals surface area (Å²) in [4.78, 5) is 30.1. The van der Waals surface area contributed by atoms with E-state index >= 15 is 0 Å². The maximum atomic E-state index is 12.8. The fourth-order valence-electron chi connectivity index (χ4n) is 3.35. The Labute approximate surface area is 167 Å². The highest BCUT2D eigenvalue weighted by molar-refractivity contribution is 6.33. The monoisotopic (exact) mass is 394 g/mol. The average Bonchev–Trinajstić information content (AvgIpc) is 3.10. The molecule has 1 aromatic heterocycles. The summed E-state index contributed by atoms with van der Waals surface area (Å²) in [5.74, 6) is -0.462. The standard InChI is InChI=1S/C21H19ClN4O2/c22-15-10-4-5-11-16(15)24-21(28)19-25-18(17-12-6-7-13-26(17)19)20(27)23-14-8-2-1-3-9-14/h1-5,8-11H,6-7,12-13H2,(H,23,27)(H,24,28). The minimum absolute atomic E-state index is 0.229. The number of hydrogen-bond donors (Lipinski definition) is 2. The maximum absolute atomic E-state index is 12.8. The summed E-state index contributed by atoms with van der Waals surface area (Å²) in [6.45, 7) is 0.659. The molecule has 0 aliphatic carbocycles. The van der Waals surface area contributed by atoms with E-state index in [4.69, 9.17) is 11.6 Å². The van der Waals surface area contributed by atoms with Crippen LogP contribution in [0.4, 0.5) is 11.4 Å². The second-order valence-corrected chi connectivity index (χ2v) is 7.00. The molecule has 1 aliphatic rings. The normalized spacial score (nSPS) is 12.9. The van der Waals surface area contributed by atoms with Gasteiger partial charge in [-0.3, -0.25) is 9.59 Å². The summed E-state index contributed by atoms with van der Waals surface area (Å²) in [5, 5.41) is 6.09. The van der Waals surface area contributed by atoms with E-state index in [0.29, 0.717) is 35.1 Å². The number of aromatic nitrogens is 2. The molecule has 2 N–H and O–H groups in total. The number of carbonyl (C=O) groups is 2. The molecular formula is C21H19ClN4O2. The molecule has 0 spiro atoms. The first-order chi connectivity index (χ1) is 13.6. The number of nitrogens with one attached hydrogen (secondary N) is 2. The van der Waals surface area contributed by atoms with Crippen LogP contribution in [0.3, 0.4) is 0 Å². The van der Waals surface area contributed by atoms with Gasteiger partial charge in [-0.05, 0) is 43.5 Å². The second-order valence-electron chi connectivity index (χ2n) is 6.59. The van der Waals surface area contributed by atoms with Gasteiger partial charge in [-0.2, -0.15) is 0 Å². The van der Waals surface area contributed by atoms with Gasteiger partial charge in [-0.15, -0.1) is 0 Å². The molecule has 0 atom stereocenters. The van der Waals surface area contributed by atoms with Gasteiger partial charge in [0.05, 0.1) is 16.4 Å². The van der Waals surface area contributed by atoms with Crippen LogP contribution in [0.2, 0.25) is 5.02 Å². The van der Waals surface area contributed by atoms with E-state index in [0.717, 1.165) is 18.5 Å². The molecule has 0 saturated carbocycles. The van der Waals surface area contributed by atoms with Crippen molar-refractivity contribution in [1.29, 1.82) is 0 Å². The van der Waals surface area contributed by atoms with Crippen molar-refractivity contribution < 1.29 is 9.59 Å². The quantitative estimate of drug-likeness (QED) is 0.689. The number of imidazole rings is 1. The Morgan fingerprint density at radius 3 is 2.46 bits per heavy atom. The number of benzene rings is 2. The zero-order chi connectivity index (χ0) is 19.5. The van der Waals surface area contributed by atoms with E-state index < -0.39 is 0 Å². The predicted octanol–water partition coefficient (Wildman–Crippen LogP) is 4.38. The molecule has 142 valence electrons. The molecule has 28 heavy (non-hydrogen) atoms. The predicted molar refractivity (Wildman–Crippen MR) is 109 cm³/mol. The Balaban J connectivity index is 1.64. The van der Waals surface area contributed by atoms with Crippen molar-refractivity contribution in [3.05, 3.63) is 76.8 Å². The molecule has 4 rings (SSSR count). The number of anilines is 2. The van der Waals surface area contributed by atoms with Crippen LogP contribution in [0.5, 0.6) is 0 Å². The number of carbonyl (C=O) groups excluding carboxylic acids is 2. The summed E-state index contributed by atoms with van der Waals surface area (Å²) in [7, 11) is 0. The number of nitrogens with zero attached hydrogens (tertiary/aromatic N) is 2. The highest BCUT2D eigenvalue weighted by Crippen LogP contribution is 2.25. The van der Waals surface area contributed by atoms with Gasteiger partial charge in [-0.25, -0.2) is 4.98 Å². The number of para-hydroxylation sites is 2. The molecule has 2 amide bonds. The van der Waals surface area contributed by atoms with Gasteiger partial charge in [-0.1, -0.05) is 41.9 Å². The lowest BCUT2D eigenvalue weighted by atomic mass is 10.1. The number of fused-ring (bicyclic) bond motifs is 1. The highest BCUT2D eigenvalue weighted by Gasteiger charge is 2.27. The molecule has 2 heterocycles. The lowest BCUT2D eigenvalue weighted by Crippen LogP contribution is -2.21. The Morgan fingerprint density at radius 2 is 1.68 bits per heavy atom. The van der Waals surface area contributed by atoms with Gasteiger partial charge < -0.3 is 15.2 Å². The zero-order valence-electron chi connectivity index (χ0n) is 15.1. The van der Waals surface area contributed by atoms with E-state index in [9.17, 15) is 9.59 Å². The van der Waals surface area contributed by atoms with Crippen LogP contribution in [0.15, 0.2) is 54.6 Å². The van der Waals surface area contributed by atoms with Crippen LogP contribution in [-0.2, 0) is 13.0 Å². The van der Waals surface area contributed by atoms with Gasteiger partial charge in [0.2, 0.25) is 0 Å². The third kappa shape index (κ3) is 3.64. The summed E-state index contributed by atoms with van der Waals surface area (Å²) in [6.07, 6.45) is 2.61. The van der Waals surface area contributed by atoms with Gasteiger partial charge in [0, 0.05) is 12.2 Å². The Morgan fingerprint density at radius 1 is 0.929 bits per heavy atom. The van der Waals surface area contributed by atoms with Crippen molar-refractivity contribution >= 4 is 34.8 Å². The molecule has 3 aromatic rings. The fraction of sp³-hybridized carbons (Fsp3) is 0.190. The van der Waals surface area contributed by atoms with Gasteiger partial charge in [0.25, 0.3) is 11.8 Å².